The van der Waals surface area contributed by atoms with Crippen molar-refractivity contribution >= 4 is 26.1 Å². The maximum atomic E-state index is 12.3. The van der Waals surface area contributed by atoms with E-state index in [1.807, 2.05) is 30.3 Å². The third-order valence-corrected chi connectivity index (χ3v) is 5.79. The fourth-order valence-corrected chi connectivity index (χ4v) is 3.01. The van der Waals surface area contributed by atoms with Crippen molar-refractivity contribution in [2.24, 2.45) is 0 Å². The SMILES string of the molecule is C[Si](C)(C)CCOC(=O)CC[C@H](NC(=O)OCc1ccccc1)C(=O)OCCCO. The molecular weight excluding hydrogens is 406 g/mol. The summed E-state index contributed by atoms with van der Waals surface area (Å²) >= 11 is 0. The molecule has 2 N–H and O–H groups in total. The molecule has 1 rings (SSSR count). The predicted molar refractivity (Wildman–Crippen MR) is 115 cm³/mol. The molecule has 0 radical (unpaired) electrons. The summed E-state index contributed by atoms with van der Waals surface area (Å²) in [7, 11) is -1.31. The van der Waals surface area contributed by atoms with E-state index in [1.165, 1.54) is 0 Å². The maximum absolute atomic E-state index is 12.3. The zero-order valence-corrected chi connectivity index (χ0v) is 19.0. The van der Waals surface area contributed by atoms with Gasteiger partial charge in [-0.2, -0.15) is 0 Å². The number of rotatable bonds is 13. The van der Waals surface area contributed by atoms with Gasteiger partial charge >= 0.3 is 18.0 Å². The Morgan fingerprint density at radius 2 is 1.73 bits per heavy atom. The standard InChI is InChI=1S/C21H33NO7Si/c1-30(2,3)15-14-27-19(24)11-10-18(20(25)28-13-7-12-23)22-21(26)29-16-17-8-5-4-6-9-17/h4-6,8-9,18,23H,7,10-16H2,1-3H3,(H,22,26)/t18-/m0/s1. The van der Waals surface area contributed by atoms with E-state index in [0.29, 0.717) is 6.61 Å². The fraction of sp³-hybridized carbons (Fsp3) is 0.571. The average Bonchev–Trinajstić information content (AvgIpc) is 2.69. The van der Waals surface area contributed by atoms with Gasteiger partial charge in [-0.3, -0.25) is 4.79 Å². The summed E-state index contributed by atoms with van der Waals surface area (Å²) < 4.78 is 15.4. The Morgan fingerprint density at radius 3 is 2.37 bits per heavy atom. The highest BCUT2D eigenvalue weighted by molar-refractivity contribution is 6.76. The van der Waals surface area contributed by atoms with Crippen LogP contribution in [0, 0.1) is 0 Å². The molecule has 1 aromatic rings. The molecule has 1 amide bonds. The van der Waals surface area contributed by atoms with Gasteiger partial charge in [0.2, 0.25) is 0 Å². The molecule has 168 valence electrons. The number of ether oxygens (including phenoxy) is 3. The number of hydrogen-bond acceptors (Lipinski definition) is 7. The minimum Gasteiger partial charge on any atom is -0.466 e. The fourth-order valence-electron chi connectivity index (χ4n) is 2.30. The number of amides is 1. The molecule has 1 atom stereocenters. The maximum Gasteiger partial charge on any atom is 0.408 e. The van der Waals surface area contributed by atoms with Crippen LogP contribution < -0.4 is 5.32 Å². The Kier molecular flexibility index (Phi) is 11.8. The number of alkyl carbamates (subject to hydrolysis) is 1. The van der Waals surface area contributed by atoms with Crippen LogP contribution in [0.4, 0.5) is 4.79 Å². The second kappa shape index (κ2) is 13.8. The minimum atomic E-state index is -1.31. The van der Waals surface area contributed by atoms with Crippen molar-refractivity contribution in [3.8, 4) is 0 Å². The van der Waals surface area contributed by atoms with Crippen LogP contribution in [-0.4, -0.2) is 57.1 Å². The van der Waals surface area contributed by atoms with Crippen LogP contribution in [0.15, 0.2) is 30.3 Å². The molecule has 9 heteroatoms. The van der Waals surface area contributed by atoms with Crippen molar-refractivity contribution < 1.29 is 33.7 Å². The molecule has 0 aromatic heterocycles. The van der Waals surface area contributed by atoms with Crippen LogP contribution in [0.1, 0.15) is 24.8 Å². The van der Waals surface area contributed by atoms with Crippen LogP contribution in [-0.2, 0) is 30.4 Å². The van der Waals surface area contributed by atoms with E-state index in [-0.39, 0.29) is 39.1 Å². The quantitative estimate of drug-likeness (QED) is 0.210. The molecule has 0 bridgehead atoms. The Labute approximate surface area is 178 Å². The molecule has 30 heavy (non-hydrogen) atoms. The third kappa shape index (κ3) is 12.2. The highest BCUT2D eigenvalue weighted by Gasteiger charge is 2.24. The summed E-state index contributed by atoms with van der Waals surface area (Å²) in [4.78, 5) is 36.3. The lowest BCUT2D eigenvalue weighted by Gasteiger charge is -2.18. The Bertz CT molecular complexity index is 661. The second-order valence-corrected chi connectivity index (χ2v) is 13.7. The number of benzene rings is 1. The Hall–Kier alpha value is -2.39. The van der Waals surface area contributed by atoms with Gasteiger partial charge in [-0.05, 0) is 18.0 Å². The zero-order valence-electron chi connectivity index (χ0n) is 18.0. The van der Waals surface area contributed by atoms with Gasteiger partial charge in [0.25, 0.3) is 0 Å². The highest BCUT2D eigenvalue weighted by Crippen LogP contribution is 2.09. The lowest BCUT2D eigenvalue weighted by atomic mass is 10.1. The van der Waals surface area contributed by atoms with Crippen molar-refractivity contribution in [1.82, 2.24) is 5.32 Å². The van der Waals surface area contributed by atoms with Gasteiger partial charge in [-0.15, -0.1) is 0 Å². The number of hydrogen-bond donors (Lipinski definition) is 2. The van der Waals surface area contributed by atoms with Crippen LogP contribution in [0.5, 0.6) is 0 Å². The van der Waals surface area contributed by atoms with Gasteiger partial charge in [0.05, 0.1) is 13.2 Å². The van der Waals surface area contributed by atoms with Gasteiger partial charge in [0, 0.05) is 27.5 Å². The van der Waals surface area contributed by atoms with Gasteiger partial charge in [0.15, 0.2) is 0 Å². The molecule has 8 nitrogen and oxygen atoms in total. The molecule has 0 saturated carbocycles. The summed E-state index contributed by atoms with van der Waals surface area (Å²) in [5.74, 6) is -1.11. The summed E-state index contributed by atoms with van der Waals surface area (Å²) in [6.07, 6.45) is -0.500. The monoisotopic (exact) mass is 439 g/mol. The summed E-state index contributed by atoms with van der Waals surface area (Å²) in [5, 5.41) is 11.3. The summed E-state index contributed by atoms with van der Waals surface area (Å²) in [6, 6.07) is 8.93. The van der Waals surface area contributed by atoms with Crippen LogP contribution in [0.3, 0.4) is 0 Å². The molecule has 1 aromatic carbocycles. The number of esters is 2. The van der Waals surface area contributed by atoms with Gasteiger partial charge < -0.3 is 24.6 Å². The van der Waals surface area contributed by atoms with E-state index in [1.54, 1.807) is 0 Å². The normalized spacial score (nSPS) is 12.0. The Morgan fingerprint density at radius 1 is 1.03 bits per heavy atom. The van der Waals surface area contributed by atoms with Crippen molar-refractivity contribution in [2.45, 2.75) is 57.6 Å². The van der Waals surface area contributed by atoms with Gasteiger partial charge in [-0.25, -0.2) is 9.59 Å². The summed E-state index contributed by atoms with van der Waals surface area (Å²) in [5.41, 5.74) is 0.806. The number of aliphatic hydroxyl groups excluding tert-OH is 1. The average molecular weight is 440 g/mol. The first-order valence-corrected chi connectivity index (χ1v) is 13.8. The largest absolute Gasteiger partial charge is 0.466 e. The topological polar surface area (TPSA) is 111 Å². The second-order valence-electron chi connectivity index (χ2n) is 8.07. The minimum absolute atomic E-state index is 0.0211. The molecular formula is C21H33NO7Si. The van der Waals surface area contributed by atoms with E-state index < -0.39 is 32.1 Å². The van der Waals surface area contributed by atoms with Crippen LogP contribution in [0.25, 0.3) is 0 Å². The molecule has 0 fully saturated rings. The summed E-state index contributed by atoms with van der Waals surface area (Å²) in [6.45, 7) is 6.87. The van der Waals surface area contributed by atoms with E-state index in [9.17, 15) is 14.4 Å². The van der Waals surface area contributed by atoms with Gasteiger partial charge in [-0.1, -0.05) is 50.0 Å². The first kappa shape index (κ1) is 25.6. The van der Waals surface area contributed by atoms with Gasteiger partial charge in [0.1, 0.15) is 12.6 Å². The Balaban J connectivity index is 2.53. The lowest BCUT2D eigenvalue weighted by molar-refractivity contribution is -0.147. The van der Waals surface area contributed by atoms with E-state index in [0.717, 1.165) is 11.6 Å². The first-order valence-electron chi connectivity index (χ1n) is 10.1. The van der Waals surface area contributed by atoms with Crippen molar-refractivity contribution in [2.75, 3.05) is 19.8 Å². The van der Waals surface area contributed by atoms with E-state index in [2.05, 4.69) is 25.0 Å². The molecule has 0 heterocycles. The van der Waals surface area contributed by atoms with E-state index >= 15 is 0 Å². The number of carbonyl (C=O) groups excluding carboxylic acids is 3. The molecule has 0 aliphatic carbocycles. The smallest absolute Gasteiger partial charge is 0.408 e. The number of nitrogens with one attached hydrogen (secondary N) is 1. The van der Waals surface area contributed by atoms with Crippen molar-refractivity contribution in [3.63, 3.8) is 0 Å². The van der Waals surface area contributed by atoms with Crippen molar-refractivity contribution in [1.29, 1.82) is 0 Å². The third-order valence-electron chi connectivity index (χ3n) is 4.09. The molecule has 0 aliphatic heterocycles. The lowest BCUT2D eigenvalue weighted by Crippen LogP contribution is -2.42. The molecule has 0 spiro atoms. The highest BCUT2D eigenvalue weighted by atomic mass is 28.3. The van der Waals surface area contributed by atoms with Crippen molar-refractivity contribution in [3.05, 3.63) is 35.9 Å². The first-order chi connectivity index (χ1) is 14.2. The van der Waals surface area contributed by atoms with Crippen LogP contribution >= 0.6 is 0 Å². The molecule has 0 unspecified atom stereocenters. The van der Waals surface area contributed by atoms with Crippen LogP contribution in [0.2, 0.25) is 25.7 Å². The van der Waals surface area contributed by atoms with E-state index in [4.69, 9.17) is 19.3 Å². The zero-order chi connectivity index (χ0) is 22.4. The molecule has 0 aliphatic rings. The predicted octanol–water partition coefficient (Wildman–Crippen LogP) is 2.87. The number of carbonyl (C=O) groups is 3. The number of aliphatic hydroxyl groups is 1. The molecule has 0 saturated heterocycles.